The molecule has 0 saturated heterocycles. The van der Waals surface area contributed by atoms with Gasteiger partial charge in [0.15, 0.2) is 0 Å². The molecule has 0 radical (unpaired) electrons. The molecule has 0 aliphatic carbocycles. The van der Waals surface area contributed by atoms with Gasteiger partial charge in [-0.05, 0) is 47.9 Å². The number of benzene rings is 2. The van der Waals surface area contributed by atoms with Crippen molar-refractivity contribution in [3.8, 4) is 22.6 Å². The molecule has 6 heteroatoms. The Kier molecular flexibility index (Phi) is 5.38. The van der Waals surface area contributed by atoms with Crippen molar-refractivity contribution >= 4 is 22.5 Å². The van der Waals surface area contributed by atoms with Gasteiger partial charge >= 0.3 is 0 Å². The van der Waals surface area contributed by atoms with Gasteiger partial charge in [0.1, 0.15) is 17.0 Å². The number of carbonyl (C=O) groups is 1. The van der Waals surface area contributed by atoms with Gasteiger partial charge in [-0.2, -0.15) is 0 Å². The van der Waals surface area contributed by atoms with Crippen molar-refractivity contribution in [1.82, 2.24) is 9.55 Å². The van der Waals surface area contributed by atoms with Crippen LogP contribution in [0.3, 0.4) is 0 Å². The quantitative estimate of drug-likeness (QED) is 0.458. The first-order valence-electron chi connectivity index (χ1n) is 10.2. The lowest BCUT2D eigenvalue weighted by atomic mass is 10.0. The molecule has 0 aliphatic rings. The largest absolute Gasteiger partial charge is 0.457 e. The summed E-state index contributed by atoms with van der Waals surface area (Å²) >= 11 is 0. The Morgan fingerprint density at radius 3 is 2.65 bits per heavy atom. The SMILES string of the molecule is CC(=O)Nc1ccc(Oc2cccc(C(C)C)c2)c(-c2cn(C)c(=O)c3[nH]ccc23)c1. The van der Waals surface area contributed by atoms with Gasteiger partial charge in [0.2, 0.25) is 5.91 Å². The van der Waals surface area contributed by atoms with Gasteiger partial charge < -0.3 is 19.6 Å². The summed E-state index contributed by atoms with van der Waals surface area (Å²) < 4.78 is 7.84. The third-order valence-corrected chi connectivity index (χ3v) is 5.24. The Balaban J connectivity index is 1.89. The van der Waals surface area contributed by atoms with E-state index in [1.165, 1.54) is 12.5 Å². The van der Waals surface area contributed by atoms with Crippen LogP contribution in [0.1, 0.15) is 32.3 Å². The minimum absolute atomic E-state index is 0.103. The highest BCUT2D eigenvalue weighted by Crippen LogP contribution is 2.38. The van der Waals surface area contributed by atoms with Crippen molar-refractivity contribution in [3.63, 3.8) is 0 Å². The topological polar surface area (TPSA) is 76.1 Å². The molecular formula is C25H25N3O3. The molecule has 2 aromatic heterocycles. The van der Waals surface area contributed by atoms with Crippen LogP contribution < -0.4 is 15.6 Å². The predicted octanol–water partition coefficient (Wildman–Crippen LogP) is 5.41. The van der Waals surface area contributed by atoms with Crippen LogP contribution in [0.2, 0.25) is 0 Å². The zero-order chi connectivity index (χ0) is 22.1. The maximum absolute atomic E-state index is 12.5. The molecule has 0 atom stereocenters. The van der Waals surface area contributed by atoms with Crippen LogP contribution in [0, 0.1) is 0 Å². The fourth-order valence-corrected chi connectivity index (χ4v) is 3.66. The summed E-state index contributed by atoms with van der Waals surface area (Å²) in [5, 5.41) is 3.62. The number of nitrogens with zero attached hydrogens (tertiary/aromatic N) is 1. The molecule has 4 rings (SSSR count). The van der Waals surface area contributed by atoms with Crippen LogP contribution in [0.4, 0.5) is 5.69 Å². The van der Waals surface area contributed by atoms with Crippen LogP contribution in [0.5, 0.6) is 11.5 Å². The van der Waals surface area contributed by atoms with Crippen molar-refractivity contribution in [3.05, 3.63) is 76.8 Å². The van der Waals surface area contributed by atoms with E-state index < -0.39 is 0 Å². The van der Waals surface area contributed by atoms with Crippen molar-refractivity contribution in [2.75, 3.05) is 5.32 Å². The van der Waals surface area contributed by atoms with Gasteiger partial charge in [-0.25, -0.2) is 0 Å². The number of amides is 1. The maximum atomic E-state index is 12.5. The number of pyridine rings is 1. The van der Waals surface area contributed by atoms with E-state index in [1.807, 2.05) is 42.5 Å². The van der Waals surface area contributed by atoms with E-state index in [9.17, 15) is 9.59 Å². The fraction of sp³-hybridized carbons (Fsp3) is 0.200. The average molecular weight is 415 g/mol. The Labute approximate surface area is 180 Å². The summed E-state index contributed by atoms with van der Waals surface area (Å²) in [7, 11) is 1.72. The number of aromatic amines is 1. The number of ether oxygens (including phenoxy) is 1. The van der Waals surface area contributed by atoms with E-state index in [4.69, 9.17) is 4.74 Å². The number of aromatic nitrogens is 2. The summed E-state index contributed by atoms with van der Waals surface area (Å²) in [5.41, 5.74) is 3.88. The third-order valence-electron chi connectivity index (χ3n) is 5.24. The molecule has 2 aromatic carbocycles. The molecule has 0 bridgehead atoms. The Bertz CT molecular complexity index is 1330. The molecule has 6 nitrogen and oxygen atoms in total. The van der Waals surface area contributed by atoms with E-state index >= 15 is 0 Å². The maximum Gasteiger partial charge on any atom is 0.274 e. The molecule has 0 aliphatic heterocycles. The molecule has 4 aromatic rings. The number of nitrogens with one attached hydrogen (secondary N) is 2. The smallest absolute Gasteiger partial charge is 0.274 e. The molecule has 2 N–H and O–H groups in total. The second kappa shape index (κ2) is 8.14. The normalized spacial score (nSPS) is 11.1. The number of anilines is 1. The van der Waals surface area contributed by atoms with Crippen LogP contribution in [-0.2, 0) is 11.8 Å². The van der Waals surface area contributed by atoms with E-state index in [0.29, 0.717) is 22.9 Å². The lowest BCUT2D eigenvalue weighted by Crippen LogP contribution is -2.16. The molecule has 1 amide bonds. The number of hydrogen-bond donors (Lipinski definition) is 2. The lowest BCUT2D eigenvalue weighted by molar-refractivity contribution is -0.114. The van der Waals surface area contributed by atoms with E-state index in [0.717, 1.165) is 22.3 Å². The van der Waals surface area contributed by atoms with E-state index in [1.54, 1.807) is 24.0 Å². The summed E-state index contributed by atoms with van der Waals surface area (Å²) in [6.45, 7) is 5.75. The third kappa shape index (κ3) is 4.10. The number of rotatable bonds is 5. The molecule has 0 unspecified atom stereocenters. The fourth-order valence-electron chi connectivity index (χ4n) is 3.66. The highest BCUT2D eigenvalue weighted by Gasteiger charge is 2.16. The van der Waals surface area contributed by atoms with Crippen molar-refractivity contribution in [2.45, 2.75) is 26.7 Å². The molecular weight excluding hydrogens is 390 g/mol. The van der Waals surface area contributed by atoms with Gasteiger partial charge in [0, 0.05) is 48.6 Å². The van der Waals surface area contributed by atoms with Crippen LogP contribution >= 0.6 is 0 Å². The van der Waals surface area contributed by atoms with E-state index in [-0.39, 0.29) is 11.5 Å². The van der Waals surface area contributed by atoms with Gasteiger partial charge in [-0.3, -0.25) is 9.59 Å². The minimum Gasteiger partial charge on any atom is -0.457 e. The van der Waals surface area contributed by atoms with Crippen LogP contribution in [0.25, 0.3) is 22.0 Å². The Morgan fingerprint density at radius 2 is 1.90 bits per heavy atom. The molecule has 31 heavy (non-hydrogen) atoms. The van der Waals surface area contributed by atoms with Gasteiger partial charge in [-0.1, -0.05) is 26.0 Å². The van der Waals surface area contributed by atoms with Crippen molar-refractivity contribution in [2.24, 2.45) is 7.05 Å². The van der Waals surface area contributed by atoms with E-state index in [2.05, 4.69) is 30.2 Å². The first-order chi connectivity index (χ1) is 14.8. The Hall–Kier alpha value is -3.80. The van der Waals surface area contributed by atoms with Crippen LogP contribution in [-0.4, -0.2) is 15.5 Å². The summed E-state index contributed by atoms with van der Waals surface area (Å²) in [6.07, 6.45) is 3.54. The van der Waals surface area contributed by atoms with Gasteiger partial charge in [-0.15, -0.1) is 0 Å². The lowest BCUT2D eigenvalue weighted by Gasteiger charge is -2.16. The number of H-pyrrole nitrogens is 1. The van der Waals surface area contributed by atoms with Crippen LogP contribution in [0.15, 0.2) is 65.7 Å². The zero-order valence-electron chi connectivity index (χ0n) is 18.0. The minimum atomic E-state index is -0.156. The van der Waals surface area contributed by atoms with Gasteiger partial charge in [0.05, 0.1) is 0 Å². The zero-order valence-corrected chi connectivity index (χ0v) is 18.0. The Morgan fingerprint density at radius 1 is 1.10 bits per heavy atom. The molecule has 0 spiro atoms. The first kappa shape index (κ1) is 20.5. The van der Waals surface area contributed by atoms with Gasteiger partial charge in [0.25, 0.3) is 5.56 Å². The molecule has 0 fully saturated rings. The number of aryl methyl sites for hydroxylation is 1. The predicted molar refractivity (Wildman–Crippen MR) is 124 cm³/mol. The number of carbonyl (C=O) groups excluding carboxylic acids is 1. The standard InChI is InChI=1S/C25H25N3O3/c1-15(2)17-6-5-7-19(12-17)31-23-9-8-18(27-16(3)29)13-21(23)22-14-28(4)25(30)24-20(22)10-11-26-24/h5-15,26H,1-4H3,(H,27,29). The summed E-state index contributed by atoms with van der Waals surface area (Å²) in [4.78, 5) is 27.2. The first-order valence-corrected chi connectivity index (χ1v) is 10.2. The molecule has 0 saturated carbocycles. The van der Waals surface area contributed by atoms with Crippen molar-refractivity contribution < 1.29 is 9.53 Å². The second-order valence-electron chi connectivity index (χ2n) is 7.95. The number of fused-ring (bicyclic) bond motifs is 1. The van der Waals surface area contributed by atoms with Crippen molar-refractivity contribution in [1.29, 1.82) is 0 Å². The monoisotopic (exact) mass is 415 g/mol. The highest BCUT2D eigenvalue weighted by molar-refractivity contribution is 5.97. The number of hydrogen-bond acceptors (Lipinski definition) is 3. The molecule has 2 heterocycles. The summed E-state index contributed by atoms with van der Waals surface area (Å²) in [6, 6.07) is 15.4. The summed E-state index contributed by atoms with van der Waals surface area (Å²) in [5.74, 6) is 1.59. The highest BCUT2D eigenvalue weighted by atomic mass is 16.5. The average Bonchev–Trinajstić information content (AvgIpc) is 3.22. The molecule has 158 valence electrons. The second-order valence-corrected chi connectivity index (χ2v) is 7.95.